The quantitative estimate of drug-likeness (QED) is 0.620. The minimum absolute atomic E-state index is 0.182. The zero-order valence-electron chi connectivity index (χ0n) is 11.5. The van der Waals surface area contributed by atoms with Crippen LogP contribution in [0.5, 0.6) is 5.75 Å². The Hall–Kier alpha value is -1.06. The summed E-state index contributed by atoms with van der Waals surface area (Å²) in [5.74, 6) is 1.06. The lowest BCUT2D eigenvalue weighted by Crippen LogP contribution is -2.29. The molecule has 0 saturated carbocycles. The summed E-state index contributed by atoms with van der Waals surface area (Å²) in [5, 5.41) is 12.6. The molecule has 0 unspecified atom stereocenters. The number of nitrogens with two attached hydrogens (primary N) is 1. The maximum atomic E-state index is 9.19. The minimum Gasteiger partial charge on any atom is -0.508 e. The van der Waals surface area contributed by atoms with E-state index in [1.165, 1.54) is 12.0 Å². The number of nitrogens with one attached hydrogen (secondary N) is 1. The normalized spacial score (nSPS) is 12.9. The van der Waals surface area contributed by atoms with Crippen molar-refractivity contribution in [1.29, 1.82) is 0 Å². The molecule has 3 nitrogen and oxygen atoms in total. The highest BCUT2D eigenvalue weighted by atomic mass is 16.3. The summed E-state index contributed by atoms with van der Waals surface area (Å²) in [6.07, 6.45) is 3.07. The highest BCUT2D eigenvalue weighted by Gasteiger charge is 2.04. The molecule has 1 rings (SSSR count). The third-order valence-corrected chi connectivity index (χ3v) is 3.02. The summed E-state index contributed by atoms with van der Waals surface area (Å²) >= 11 is 0. The van der Waals surface area contributed by atoms with Gasteiger partial charge >= 0.3 is 0 Å². The van der Waals surface area contributed by atoms with Gasteiger partial charge in [0.05, 0.1) is 0 Å². The molecule has 18 heavy (non-hydrogen) atoms. The average Bonchev–Trinajstić information content (AvgIpc) is 2.31. The van der Waals surface area contributed by atoms with Crippen LogP contribution < -0.4 is 11.1 Å². The Kier molecular flexibility index (Phi) is 6.76. The van der Waals surface area contributed by atoms with Crippen molar-refractivity contribution in [3.8, 4) is 5.75 Å². The van der Waals surface area contributed by atoms with Crippen molar-refractivity contribution in [2.75, 3.05) is 13.1 Å². The van der Waals surface area contributed by atoms with Gasteiger partial charge in [0.2, 0.25) is 0 Å². The second-order valence-electron chi connectivity index (χ2n) is 5.35. The third-order valence-electron chi connectivity index (χ3n) is 3.02. The second kappa shape index (κ2) is 8.11. The largest absolute Gasteiger partial charge is 0.508 e. The second-order valence-corrected chi connectivity index (χ2v) is 5.35. The standard InChI is InChI=1S/C15H26N2O/c1-12(2)7-9-17-10-8-14(16)11-13-3-5-15(18)6-4-13/h3-6,12,14,17-18H,7-11,16H2,1-2H3/t14-/m1/s1. The molecule has 0 fully saturated rings. The zero-order chi connectivity index (χ0) is 13.4. The number of phenolic OH excluding ortho intramolecular Hbond substituents is 1. The van der Waals surface area contributed by atoms with E-state index in [0.717, 1.165) is 31.8 Å². The summed E-state index contributed by atoms with van der Waals surface area (Å²) in [6, 6.07) is 7.47. The van der Waals surface area contributed by atoms with E-state index < -0.39 is 0 Å². The summed E-state index contributed by atoms with van der Waals surface area (Å²) in [6.45, 7) is 6.52. The minimum atomic E-state index is 0.182. The van der Waals surface area contributed by atoms with Gasteiger partial charge in [-0.2, -0.15) is 0 Å². The van der Waals surface area contributed by atoms with Gasteiger partial charge in [0.15, 0.2) is 0 Å². The lowest BCUT2D eigenvalue weighted by atomic mass is 10.0. The van der Waals surface area contributed by atoms with Gasteiger partial charge in [0, 0.05) is 6.04 Å². The fourth-order valence-corrected chi connectivity index (χ4v) is 1.84. The molecule has 0 aliphatic carbocycles. The number of hydrogen-bond donors (Lipinski definition) is 3. The Morgan fingerprint density at radius 2 is 1.72 bits per heavy atom. The molecule has 102 valence electrons. The molecule has 0 radical (unpaired) electrons. The Bertz CT molecular complexity index is 322. The summed E-state index contributed by atoms with van der Waals surface area (Å²) in [4.78, 5) is 0. The van der Waals surface area contributed by atoms with Crippen molar-refractivity contribution in [2.24, 2.45) is 11.7 Å². The van der Waals surface area contributed by atoms with Crippen LogP contribution in [-0.4, -0.2) is 24.2 Å². The van der Waals surface area contributed by atoms with Crippen LogP contribution in [0.4, 0.5) is 0 Å². The number of rotatable bonds is 8. The molecule has 0 bridgehead atoms. The molecule has 0 aliphatic heterocycles. The van der Waals surface area contributed by atoms with Crippen LogP contribution in [0.2, 0.25) is 0 Å². The van der Waals surface area contributed by atoms with Gasteiger partial charge in [-0.25, -0.2) is 0 Å². The molecule has 0 amide bonds. The Morgan fingerprint density at radius 3 is 2.33 bits per heavy atom. The van der Waals surface area contributed by atoms with Crippen LogP contribution in [0.3, 0.4) is 0 Å². The molecule has 0 saturated heterocycles. The first-order valence-corrected chi connectivity index (χ1v) is 6.82. The lowest BCUT2D eigenvalue weighted by Gasteiger charge is -2.13. The van der Waals surface area contributed by atoms with Gasteiger partial charge < -0.3 is 16.2 Å². The zero-order valence-corrected chi connectivity index (χ0v) is 11.5. The highest BCUT2D eigenvalue weighted by molar-refractivity contribution is 5.26. The molecule has 1 aromatic carbocycles. The van der Waals surface area contributed by atoms with Crippen LogP contribution in [0.1, 0.15) is 32.3 Å². The summed E-state index contributed by atoms with van der Waals surface area (Å²) < 4.78 is 0. The molecule has 1 atom stereocenters. The van der Waals surface area contributed by atoms with E-state index in [9.17, 15) is 5.11 Å². The van der Waals surface area contributed by atoms with Gasteiger partial charge in [-0.15, -0.1) is 0 Å². The van der Waals surface area contributed by atoms with Gasteiger partial charge in [-0.05, 0) is 56.0 Å². The molecule has 1 aromatic rings. The average molecular weight is 250 g/mol. The first-order valence-electron chi connectivity index (χ1n) is 6.82. The Labute approximate surface area is 110 Å². The van der Waals surface area contributed by atoms with Crippen LogP contribution in [0.25, 0.3) is 0 Å². The maximum Gasteiger partial charge on any atom is 0.115 e. The highest BCUT2D eigenvalue weighted by Crippen LogP contribution is 2.11. The third kappa shape index (κ3) is 6.62. The van der Waals surface area contributed by atoms with Crippen molar-refractivity contribution in [1.82, 2.24) is 5.32 Å². The molecule has 0 aromatic heterocycles. The van der Waals surface area contributed by atoms with Crippen molar-refractivity contribution in [2.45, 2.75) is 39.2 Å². The number of phenols is 1. The van der Waals surface area contributed by atoms with E-state index in [1.807, 2.05) is 12.1 Å². The van der Waals surface area contributed by atoms with E-state index in [2.05, 4.69) is 19.2 Å². The topological polar surface area (TPSA) is 58.3 Å². The number of benzene rings is 1. The van der Waals surface area contributed by atoms with Gasteiger partial charge in [0.25, 0.3) is 0 Å². The van der Waals surface area contributed by atoms with Crippen molar-refractivity contribution in [3.05, 3.63) is 29.8 Å². The fourth-order valence-electron chi connectivity index (χ4n) is 1.84. The molecule has 0 aliphatic rings. The van der Waals surface area contributed by atoms with Crippen LogP contribution in [0, 0.1) is 5.92 Å². The lowest BCUT2D eigenvalue weighted by molar-refractivity contribution is 0.474. The molecule has 3 heteroatoms. The molecular formula is C15H26N2O. The van der Waals surface area contributed by atoms with Gasteiger partial charge in [0.1, 0.15) is 5.75 Å². The summed E-state index contributed by atoms with van der Waals surface area (Å²) in [5.41, 5.74) is 7.27. The Balaban J connectivity index is 2.13. The predicted molar refractivity (Wildman–Crippen MR) is 76.7 cm³/mol. The molecule has 0 heterocycles. The molecular weight excluding hydrogens is 224 g/mol. The van der Waals surface area contributed by atoms with Crippen LogP contribution in [-0.2, 0) is 6.42 Å². The monoisotopic (exact) mass is 250 g/mol. The van der Waals surface area contributed by atoms with E-state index in [-0.39, 0.29) is 6.04 Å². The van der Waals surface area contributed by atoms with E-state index >= 15 is 0 Å². The fraction of sp³-hybridized carbons (Fsp3) is 0.600. The maximum absolute atomic E-state index is 9.19. The van der Waals surface area contributed by atoms with E-state index in [4.69, 9.17) is 5.73 Å². The predicted octanol–water partition coefficient (Wildman–Crippen LogP) is 2.29. The molecule has 4 N–H and O–H groups in total. The van der Waals surface area contributed by atoms with Crippen molar-refractivity contribution >= 4 is 0 Å². The Morgan fingerprint density at radius 1 is 1.11 bits per heavy atom. The van der Waals surface area contributed by atoms with Gasteiger partial charge in [-0.3, -0.25) is 0 Å². The number of aromatic hydroxyl groups is 1. The summed E-state index contributed by atoms with van der Waals surface area (Å²) in [7, 11) is 0. The first-order chi connectivity index (χ1) is 8.58. The van der Waals surface area contributed by atoms with Crippen LogP contribution >= 0.6 is 0 Å². The smallest absolute Gasteiger partial charge is 0.115 e. The number of hydrogen-bond acceptors (Lipinski definition) is 3. The van der Waals surface area contributed by atoms with Crippen molar-refractivity contribution in [3.63, 3.8) is 0 Å². The van der Waals surface area contributed by atoms with Gasteiger partial charge in [-0.1, -0.05) is 26.0 Å². The first kappa shape index (κ1) is 15.0. The van der Waals surface area contributed by atoms with Crippen molar-refractivity contribution < 1.29 is 5.11 Å². The SMILES string of the molecule is CC(C)CCNCC[C@@H](N)Cc1ccc(O)cc1. The molecule has 0 spiro atoms. The van der Waals surface area contributed by atoms with Crippen LogP contribution in [0.15, 0.2) is 24.3 Å². The van der Waals surface area contributed by atoms with E-state index in [1.54, 1.807) is 12.1 Å². The van der Waals surface area contributed by atoms with E-state index in [0.29, 0.717) is 5.75 Å².